The SMILES string of the molecule is C(=N\N=C\c1cn(COCc2ccccc2)c2ccccc12)/c1cn(COCc2ccccc2)c2ccccc12. The number of hydrogen-bond acceptors (Lipinski definition) is 4. The Hall–Kier alpha value is -4.78. The molecule has 4 aromatic carbocycles. The predicted molar refractivity (Wildman–Crippen MR) is 162 cm³/mol. The van der Waals surface area contributed by atoms with Crippen LogP contribution in [0.5, 0.6) is 0 Å². The molecule has 198 valence electrons. The van der Waals surface area contributed by atoms with E-state index < -0.39 is 0 Å². The van der Waals surface area contributed by atoms with E-state index in [1.807, 2.05) is 60.7 Å². The molecule has 6 nitrogen and oxygen atoms in total. The molecular weight excluding hydrogens is 496 g/mol. The summed E-state index contributed by atoms with van der Waals surface area (Å²) in [5.41, 5.74) is 6.48. The van der Waals surface area contributed by atoms with Crippen molar-refractivity contribution in [3.05, 3.63) is 144 Å². The van der Waals surface area contributed by atoms with Crippen LogP contribution in [0.25, 0.3) is 21.8 Å². The molecule has 0 atom stereocenters. The minimum Gasteiger partial charge on any atom is -0.356 e. The van der Waals surface area contributed by atoms with Gasteiger partial charge in [0.2, 0.25) is 0 Å². The Morgan fingerprint density at radius 3 is 1.35 bits per heavy atom. The van der Waals surface area contributed by atoms with E-state index in [0.717, 1.165) is 44.1 Å². The number of hydrogen-bond donors (Lipinski definition) is 0. The summed E-state index contributed by atoms with van der Waals surface area (Å²) in [7, 11) is 0. The maximum Gasteiger partial charge on any atom is 0.123 e. The first-order valence-electron chi connectivity index (χ1n) is 13.3. The highest BCUT2D eigenvalue weighted by molar-refractivity contribution is 6.01. The van der Waals surface area contributed by atoms with Crippen molar-refractivity contribution < 1.29 is 9.47 Å². The maximum atomic E-state index is 5.98. The Morgan fingerprint density at radius 1 is 0.500 bits per heavy atom. The molecule has 40 heavy (non-hydrogen) atoms. The van der Waals surface area contributed by atoms with Crippen LogP contribution in [0, 0.1) is 0 Å². The Bertz CT molecular complexity index is 1620. The lowest BCUT2D eigenvalue weighted by Crippen LogP contribution is -2.01. The molecular formula is C34H30N4O2. The van der Waals surface area contributed by atoms with Crippen LogP contribution in [-0.4, -0.2) is 21.6 Å². The van der Waals surface area contributed by atoms with Gasteiger partial charge < -0.3 is 18.6 Å². The molecule has 0 aliphatic rings. The molecule has 0 aliphatic carbocycles. The summed E-state index contributed by atoms with van der Waals surface area (Å²) in [6.07, 6.45) is 7.72. The summed E-state index contributed by atoms with van der Waals surface area (Å²) in [5, 5.41) is 11.0. The van der Waals surface area contributed by atoms with Gasteiger partial charge in [0.15, 0.2) is 0 Å². The van der Waals surface area contributed by atoms with Crippen molar-refractivity contribution in [2.75, 3.05) is 0 Å². The fourth-order valence-corrected chi connectivity index (χ4v) is 4.83. The van der Waals surface area contributed by atoms with Crippen molar-refractivity contribution in [3.8, 4) is 0 Å². The van der Waals surface area contributed by atoms with Gasteiger partial charge in [0.1, 0.15) is 13.5 Å². The van der Waals surface area contributed by atoms with Gasteiger partial charge in [-0.3, -0.25) is 0 Å². The van der Waals surface area contributed by atoms with Crippen LogP contribution in [0.1, 0.15) is 22.3 Å². The first kappa shape index (κ1) is 25.5. The fourth-order valence-electron chi connectivity index (χ4n) is 4.83. The molecule has 0 amide bonds. The molecule has 0 fully saturated rings. The normalized spacial score (nSPS) is 11.9. The van der Waals surface area contributed by atoms with Gasteiger partial charge in [-0.15, -0.1) is 0 Å². The minimum atomic E-state index is 0.457. The zero-order chi connectivity index (χ0) is 27.0. The van der Waals surface area contributed by atoms with E-state index in [4.69, 9.17) is 9.47 Å². The lowest BCUT2D eigenvalue weighted by atomic mass is 10.2. The standard InChI is InChI=1S/C34H30N4O2/c1-3-11-27(12-4-1)23-39-25-37-21-29(31-15-7-9-17-33(31)37)19-35-36-20-30-22-38(34-18-10-8-16-32(30)34)26-40-24-28-13-5-2-6-14-28/h1-22H,23-26H2/b35-19+,36-20+. The summed E-state index contributed by atoms with van der Waals surface area (Å²) in [4.78, 5) is 0. The first-order valence-corrected chi connectivity index (χ1v) is 13.3. The van der Waals surface area contributed by atoms with Crippen LogP contribution >= 0.6 is 0 Å². The zero-order valence-corrected chi connectivity index (χ0v) is 22.1. The third-order valence-electron chi connectivity index (χ3n) is 6.78. The number of nitrogens with zero attached hydrogens (tertiary/aromatic N) is 4. The van der Waals surface area contributed by atoms with Gasteiger partial charge in [-0.2, -0.15) is 10.2 Å². The molecule has 0 aliphatic heterocycles. The largest absolute Gasteiger partial charge is 0.356 e. The molecule has 6 aromatic rings. The second kappa shape index (κ2) is 12.4. The fraction of sp³-hybridized carbons (Fsp3) is 0.118. The molecule has 0 bridgehead atoms. The van der Waals surface area contributed by atoms with Crippen LogP contribution < -0.4 is 0 Å². The lowest BCUT2D eigenvalue weighted by Gasteiger charge is -2.07. The molecule has 2 heterocycles. The van der Waals surface area contributed by atoms with Gasteiger partial charge in [0, 0.05) is 34.3 Å². The average Bonchev–Trinajstić information content (AvgIpc) is 3.54. The Kier molecular flexibility index (Phi) is 7.89. The van der Waals surface area contributed by atoms with Crippen molar-refractivity contribution in [1.29, 1.82) is 0 Å². The Balaban J connectivity index is 1.15. The van der Waals surface area contributed by atoms with Gasteiger partial charge in [-0.25, -0.2) is 0 Å². The lowest BCUT2D eigenvalue weighted by molar-refractivity contribution is 0.0667. The van der Waals surface area contributed by atoms with Crippen LogP contribution in [0.4, 0.5) is 0 Å². The summed E-state index contributed by atoms with van der Waals surface area (Å²) < 4.78 is 16.2. The van der Waals surface area contributed by atoms with Crippen LogP contribution in [0.15, 0.2) is 132 Å². The van der Waals surface area contributed by atoms with E-state index in [1.165, 1.54) is 0 Å². The first-order chi connectivity index (χ1) is 19.8. The summed E-state index contributed by atoms with van der Waals surface area (Å²) >= 11 is 0. The van der Waals surface area contributed by atoms with E-state index in [9.17, 15) is 0 Å². The number of fused-ring (bicyclic) bond motifs is 2. The van der Waals surface area contributed by atoms with Crippen molar-refractivity contribution in [1.82, 2.24) is 9.13 Å². The monoisotopic (exact) mass is 526 g/mol. The predicted octanol–water partition coefficient (Wildman–Crippen LogP) is 7.40. The van der Waals surface area contributed by atoms with Gasteiger partial charge in [-0.1, -0.05) is 97.1 Å². The van der Waals surface area contributed by atoms with E-state index >= 15 is 0 Å². The van der Waals surface area contributed by atoms with Gasteiger partial charge in [0.25, 0.3) is 0 Å². The number of para-hydroxylation sites is 2. The van der Waals surface area contributed by atoms with Crippen LogP contribution in [0.2, 0.25) is 0 Å². The van der Waals surface area contributed by atoms with E-state index in [0.29, 0.717) is 26.7 Å². The summed E-state index contributed by atoms with van der Waals surface area (Å²) in [5.74, 6) is 0. The number of aromatic nitrogens is 2. The van der Waals surface area contributed by atoms with Crippen molar-refractivity contribution in [3.63, 3.8) is 0 Å². The third-order valence-corrected chi connectivity index (χ3v) is 6.78. The van der Waals surface area contributed by atoms with E-state index in [1.54, 1.807) is 12.4 Å². The summed E-state index contributed by atoms with van der Waals surface area (Å²) in [6.45, 7) is 2.04. The molecule has 6 rings (SSSR count). The smallest absolute Gasteiger partial charge is 0.123 e. The second-order valence-corrected chi connectivity index (χ2v) is 9.56. The second-order valence-electron chi connectivity index (χ2n) is 9.56. The number of rotatable bonds is 11. The number of benzene rings is 4. The molecule has 0 N–H and O–H groups in total. The molecule has 0 spiro atoms. The van der Waals surface area contributed by atoms with Gasteiger partial charge >= 0.3 is 0 Å². The maximum absolute atomic E-state index is 5.98. The number of ether oxygens (including phenoxy) is 2. The van der Waals surface area contributed by atoms with Gasteiger partial charge in [0.05, 0.1) is 36.7 Å². The topological polar surface area (TPSA) is 53.0 Å². The molecule has 6 heteroatoms. The average molecular weight is 527 g/mol. The third kappa shape index (κ3) is 5.94. The molecule has 0 saturated carbocycles. The highest BCUT2D eigenvalue weighted by Gasteiger charge is 2.08. The van der Waals surface area contributed by atoms with Crippen molar-refractivity contribution >= 4 is 34.2 Å². The zero-order valence-electron chi connectivity index (χ0n) is 22.1. The van der Waals surface area contributed by atoms with E-state index in [2.05, 4.69) is 80.3 Å². The van der Waals surface area contributed by atoms with Crippen LogP contribution in [0.3, 0.4) is 0 Å². The van der Waals surface area contributed by atoms with Crippen molar-refractivity contribution in [2.24, 2.45) is 10.2 Å². The molecule has 0 saturated heterocycles. The highest BCUT2D eigenvalue weighted by atomic mass is 16.5. The van der Waals surface area contributed by atoms with E-state index in [-0.39, 0.29) is 0 Å². The highest BCUT2D eigenvalue weighted by Crippen LogP contribution is 2.22. The van der Waals surface area contributed by atoms with Crippen molar-refractivity contribution in [2.45, 2.75) is 26.7 Å². The Labute approximate surface area is 233 Å². The minimum absolute atomic E-state index is 0.457. The quantitative estimate of drug-likeness (QED) is 0.130. The Morgan fingerprint density at radius 2 is 0.900 bits per heavy atom. The van der Waals surface area contributed by atoms with Gasteiger partial charge in [-0.05, 0) is 23.3 Å². The molecule has 0 unspecified atom stereocenters. The van der Waals surface area contributed by atoms with Crippen LogP contribution in [-0.2, 0) is 36.1 Å². The molecule has 2 aromatic heterocycles. The summed E-state index contributed by atoms with van der Waals surface area (Å²) in [6, 6.07) is 36.9. The molecule has 0 radical (unpaired) electrons.